The molecule has 0 spiro atoms. The fraction of sp³-hybridized carbons (Fsp3) is 1.00. The summed E-state index contributed by atoms with van der Waals surface area (Å²) < 4.78 is 5.48. The minimum atomic E-state index is 0.382. The molecular formula is C15H31NO. The van der Waals surface area contributed by atoms with Gasteiger partial charge in [-0.3, -0.25) is 0 Å². The van der Waals surface area contributed by atoms with Crippen molar-refractivity contribution in [1.29, 1.82) is 0 Å². The van der Waals surface area contributed by atoms with E-state index in [2.05, 4.69) is 26.1 Å². The van der Waals surface area contributed by atoms with Crippen molar-refractivity contribution < 1.29 is 4.74 Å². The van der Waals surface area contributed by atoms with Gasteiger partial charge in [-0.05, 0) is 44.4 Å². The van der Waals surface area contributed by atoms with Gasteiger partial charge in [0.2, 0.25) is 0 Å². The number of nitrogens with one attached hydrogen (secondary N) is 1. The van der Waals surface area contributed by atoms with Crippen molar-refractivity contribution in [2.45, 2.75) is 77.9 Å². The molecule has 2 unspecified atom stereocenters. The highest BCUT2D eigenvalue weighted by Crippen LogP contribution is 2.35. The van der Waals surface area contributed by atoms with Crippen LogP contribution in [0.2, 0.25) is 0 Å². The molecule has 0 amide bonds. The third kappa shape index (κ3) is 5.39. The molecule has 2 atom stereocenters. The number of ether oxygens (including phenoxy) is 1. The second-order valence-electron chi connectivity index (χ2n) is 5.86. The Morgan fingerprint density at radius 1 is 1.35 bits per heavy atom. The maximum absolute atomic E-state index is 5.48. The fourth-order valence-corrected chi connectivity index (χ4v) is 2.60. The van der Waals surface area contributed by atoms with Crippen LogP contribution in [0.15, 0.2) is 0 Å². The van der Waals surface area contributed by atoms with E-state index in [9.17, 15) is 0 Å². The Labute approximate surface area is 108 Å². The summed E-state index contributed by atoms with van der Waals surface area (Å²) in [7, 11) is 1.83. The van der Waals surface area contributed by atoms with E-state index in [0.717, 1.165) is 6.04 Å². The van der Waals surface area contributed by atoms with Gasteiger partial charge >= 0.3 is 0 Å². The van der Waals surface area contributed by atoms with Crippen LogP contribution in [0.5, 0.6) is 0 Å². The Bertz CT molecular complexity index is 203. The molecule has 1 saturated carbocycles. The number of hydrogen-bond acceptors (Lipinski definition) is 2. The van der Waals surface area contributed by atoms with Gasteiger partial charge < -0.3 is 10.1 Å². The third-order valence-corrected chi connectivity index (χ3v) is 4.28. The van der Waals surface area contributed by atoms with Gasteiger partial charge in [0.15, 0.2) is 0 Å². The lowest BCUT2D eigenvalue weighted by atomic mass is 9.75. The highest BCUT2D eigenvalue weighted by Gasteiger charge is 2.32. The lowest BCUT2D eigenvalue weighted by molar-refractivity contribution is 0.0557. The molecule has 0 aromatic rings. The van der Waals surface area contributed by atoms with E-state index in [1.807, 2.05) is 7.11 Å². The molecule has 1 fully saturated rings. The van der Waals surface area contributed by atoms with Crippen molar-refractivity contribution in [3.63, 3.8) is 0 Å². The third-order valence-electron chi connectivity index (χ3n) is 4.28. The topological polar surface area (TPSA) is 21.3 Å². The first kappa shape index (κ1) is 15.0. The maximum atomic E-state index is 5.48. The van der Waals surface area contributed by atoms with Gasteiger partial charge in [0.1, 0.15) is 0 Å². The normalized spacial score (nSPS) is 21.2. The maximum Gasteiger partial charge on any atom is 0.0549 e. The largest absolute Gasteiger partial charge is 0.382 e. The zero-order valence-corrected chi connectivity index (χ0v) is 12.2. The molecule has 1 N–H and O–H groups in total. The zero-order valence-electron chi connectivity index (χ0n) is 12.2. The zero-order chi connectivity index (χ0) is 12.7. The smallest absolute Gasteiger partial charge is 0.0549 e. The van der Waals surface area contributed by atoms with Crippen molar-refractivity contribution in [3.05, 3.63) is 0 Å². The second kappa shape index (κ2) is 7.38. The molecular weight excluding hydrogens is 210 g/mol. The van der Waals surface area contributed by atoms with Crippen LogP contribution in [0.1, 0.15) is 65.7 Å². The van der Waals surface area contributed by atoms with Gasteiger partial charge in [0, 0.05) is 19.7 Å². The van der Waals surface area contributed by atoms with Crippen molar-refractivity contribution in [3.8, 4) is 0 Å². The molecule has 0 saturated heterocycles. The van der Waals surface area contributed by atoms with E-state index < -0.39 is 0 Å². The summed E-state index contributed by atoms with van der Waals surface area (Å²) in [6.07, 6.45) is 9.59. The Balaban J connectivity index is 2.49. The van der Waals surface area contributed by atoms with E-state index in [1.165, 1.54) is 51.5 Å². The van der Waals surface area contributed by atoms with Crippen LogP contribution < -0.4 is 5.32 Å². The highest BCUT2D eigenvalue weighted by atomic mass is 16.5. The summed E-state index contributed by atoms with van der Waals surface area (Å²) in [4.78, 5) is 0. The van der Waals surface area contributed by atoms with Crippen LogP contribution in [0.3, 0.4) is 0 Å². The van der Waals surface area contributed by atoms with Crippen LogP contribution in [-0.2, 0) is 4.74 Å². The molecule has 2 nitrogen and oxygen atoms in total. The average Bonchev–Trinajstić information content (AvgIpc) is 3.16. The highest BCUT2D eigenvalue weighted by molar-refractivity contribution is 4.88. The first-order valence-electron chi connectivity index (χ1n) is 7.42. The van der Waals surface area contributed by atoms with Crippen LogP contribution >= 0.6 is 0 Å². The van der Waals surface area contributed by atoms with Crippen LogP contribution in [0, 0.1) is 5.41 Å². The number of hydrogen-bond donors (Lipinski definition) is 1. The molecule has 102 valence electrons. The standard InChI is InChI=1S/C15H31NO/c1-5-7-10-15(6-2,11-13(3)17-4)12-16-14-8-9-14/h13-14,16H,5-12H2,1-4H3. The van der Waals surface area contributed by atoms with Crippen LogP contribution in [-0.4, -0.2) is 25.8 Å². The summed E-state index contributed by atoms with van der Waals surface area (Å²) in [5.74, 6) is 0. The van der Waals surface area contributed by atoms with Gasteiger partial charge in [-0.15, -0.1) is 0 Å². The Kier molecular flexibility index (Phi) is 6.50. The monoisotopic (exact) mass is 241 g/mol. The molecule has 2 heteroatoms. The molecule has 0 aromatic carbocycles. The Morgan fingerprint density at radius 2 is 2.06 bits per heavy atom. The first-order chi connectivity index (χ1) is 8.15. The van der Waals surface area contributed by atoms with Gasteiger partial charge in [0.05, 0.1) is 6.10 Å². The molecule has 0 heterocycles. The Morgan fingerprint density at radius 3 is 2.53 bits per heavy atom. The predicted molar refractivity (Wildman–Crippen MR) is 74.4 cm³/mol. The first-order valence-corrected chi connectivity index (χ1v) is 7.42. The minimum absolute atomic E-state index is 0.382. The molecule has 1 aliphatic carbocycles. The Hall–Kier alpha value is -0.0800. The summed E-state index contributed by atoms with van der Waals surface area (Å²) in [6.45, 7) is 8.01. The summed E-state index contributed by atoms with van der Waals surface area (Å²) in [6, 6.07) is 0.820. The van der Waals surface area contributed by atoms with Crippen molar-refractivity contribution in [1.82, 2.24) is 5.32 Å². The number of rotatable bonds is 10. The van der Waals surface area contributed by atoms with Crippen molar-refractivity contribution in [2.75, 3.05) is 13.7 Å². The molecule has 0 aromatic heterocycles. The van der Waals surface area contributed by atoms with Gasteiger partial charge in [-0.2, -0.15) is 0 Å². The lowest BCUT2D eigenvalue weighted by Crippen LogP contribution is -2.37. The van der Waals surface area contributed by atoms with E-state index >= 15 is 0 Å². The number of methoxy groups -OCH3 is 1. The number of unbranched alkanes of at least 4 members (excludes halogenated alkanes) is 1. The van der Waals surface area contributed by atoms with Gasteiger partial charge in [-0.25, -0.2) is 0 Å². The lowest BCUT2D eigenvalue weighted by Gasteiger charge is -2.35. The summed E-state index contributed by atoms with van der Waals surface area (Å²) >= 11 is 0. The second-order valence-corrected chi connectivity index (χ2v) is 5.86. The molecule has 0 radical (unpaired) electrons. The predicted octanol–water partition coefficient (Wildman–Crippen LogP) is 3.75. The van der Waals surface area contributed by atoms with Gasteiger partial charge in [0.25, 0.3) is 0 Å². The summed E-state index contributed by atoms with van der Waals surface area (Å²) in [5.41, 5.74) is 0.452. The minimum Gasteiger partial charge on any atom is -0.382 e. The van der Waals surface area contributed by atoms with E-state index in [4.69, 9.17) is 4.74 Å². The average molecular weight is 241 g/mol. The van der Waals surface area contributed by atoms with E-state index in [1.54, 1.807) is 0 Å². The fourth-order valence-electron chi connectivity index (χ4n) is 2.60. The molecule has 0 bridgehead atoms. The molecule has 1 rings (SSSR count). The van der Waals surface area contributed by atoms with E-state index in [0.29, 0.717) is 11.5 Å². The van der Waals surface area contributed by atoms with Crippen LogP contribution in [0.25, 0.3) is 0 Å². The van der Waals surface area contributed by atoms with Crippen molar-refractivity contribution in [2.24, 2.45) is 5.41 Å². The summed E-state index contributed by atoms with van der Waals surface area (Å²) in [5, 5.41) is 3.73. The molecule has 17 heavy (non-hydrogen) atoms. The van der Waals surface area contributed by atoms with Gasteiger partial charge in [-0.1, -0.05) is 26.7 Å². The SMILES string of the molecule is CCCCC(CC)(CNC1CC1)CC(C)OC. The molecule has 1 aliphatic rings. The molecule has 0 aliphatic heterocycles. The quantitative estimate of drug-likeness (QED) is 0.629. The van der Waals surface area contributed by atoms with Crippen LogP contribution in [0.4, 0.5) is 0 Å². The van der Waals surface area contributed by atoms with E-state index in [-0.39, 0.29) is 0 Å². The van der Waals surface area contributed by atoms with Crippen molar-refractivity contribution >= 4 is 0 Å².